The lowest BCUT2D eigenvalue weighted by Gasteiger charge is -2.12. The van der Waals surface area contributed by atoms with Gasteiger partial charge in [-0.1, -0.05) is 6.92 Å². The molecule has 0 aliphatic rings. The zero-order valence-corrected chi connectivity index (χ0v) is 8.33. The Bertz CT molecular complexity index is 158. The van der Waals surface area contributed by atoms with Gasteiger partial charge in [0.2, 0.25) is 0 Å². The normalized spacial score (nSPS) is 12.2. The molecule has 0 saturated carbocycles. The van der Waals surface area contributed by atoms with Gasteiger partial charge in [0.25, 0.3) is 0 Å². The molecule has 0 N–H and O–H groups in total. The van der Waals surface area contributed by atoms with E-state index in [1.165, 1.54) is 14.2 Å². The minimum atomic E-state index is -0.351. The molecule has 0 aromatic rings. The second-order valence-corrected chi connectivity index (χ2v) is 2.73. The van der Waals surface area contributed by atoms with Gasteiger partial charge in [0.05, 0.1) is 19.6 Å². The molecule has 0 aromatic heterocycles. The van der Waals surface area contributed by atoms with Crippen molar-refractivity contribution in [2.75, 3.05) is 14.2 Å². The van der Waals surface area contributed by atoms with Crippen molar-refractivity contribution in [3.8, 4) is 0 Å². The van der Waals surface area contributed by atoms with Crippen LogP contribution in [0.15, 0.2) is 0 Å². The Labute approximate surface area is 78.2 Å². The molecule has 0 bridgehead atoms. The Balaban J connectivity index is 3.89. The molecule has 0 saturated heterocycles. The number of carbonyl (C=O) groups excluding carboxylic acids is 2. The van der Waals surface area contributed by atoms with Crippen LogP contribution < -0.4 is 0 Å². The molecular weight excluding hydrogens is 172 g/mol. The Kier molecular flexibility index (Phi) is 6.14. The molecule has 0 spiro atoms. The van der Waals surface area contributed by atoms with Crippen LogP contribution in [0.1, 0.15) is 26.2 Å². The van der Waals surface area contributed by atoms with E-state index in [0.717, 1.165) is 0 Å². The maximum absolute atomic E-state index is 11.0. The van der Waals surface area contributed by atoms with Gasteiger partial charge in [-0.05, 0) is 0 Å². The molecule has 13 heavy (non-hydrogen) atoms. The van der Waals surface area contributed by atoms with Crippen molar-refractivity contribution in [1.29, 1.82) is 0 Å². The standard InChI is InChI=1S/C9H16O4/c1-4-7(10)5-8(12-2)6-9(11)13-3/h8H,4-6H2,1-3H3. The number of hydrogen-bond acceptors (Lipinski definition) is 4. The highest BCUT2D eigenvalue weighted by atomic mass is 16.5. The smallest absolute Gasteiger partial charge is 0.308 e. The maximum Gasteiger partial charge on any atom is 0.308 e. The molecule has 0 radical (unpaired) electrons. The van der Waals surface area contributed by atoms with Crippen LogP contribution in [0.5, 0.6) is 0 Å². The summed E-state index contributed by atoms with van der Waals surface area (Å²) < 4.78 is 9.44. The highest BCUT2D eigenvalue weighted by Crippen LogP contribution is 2.06. The summed E-state index contributed by atoms with van der Waals surface area (Å²) in [6.07, 6.45) is 0.543. The number of ketones is 1. The third kappa shape index (κ3) is 5.36. The highest BCUT2D eigenvalue weighted by molar-refractivity contribution is 5.79. The van der Waals surface area contributed by atoms with E-state index in [2.05, 4.69) is 4.74 Å². The number of methoxy groups -OCH3 is 2. The summed E-state index contributed by atoms with van der Waals surface area (Å²) >= 11 is 0. The van der Waals surface area contributed by atoms with E-state index >= 15 is 0 Å². The van der Waals surface area contributed by atoms with Gasteiger partial charge in [0, 0.05) is 20.0 Å². The first kappa shape index (κ1) is 12.1. The molecule has 0 aromatic carbocycles. The predicted molar refractivity (Wildman–Crippen MR) is 47.3 cm³/mol. The van der Waals surface area contributed by atoms with E-state index in [4.69, 9.17) is 4.74 Å². The minimum absolute atomic E-state index is 0.0933. The van der Waals surface area contributed by atoms with Gasteiger partial charge in [-0.2, -0.15) is 0 Å². The summed E-state index contributed by atoms with van der Waals surface area (Å²) in [7, 11) is 2.80. The lowest BCUT2D eigenvalue weighted by Crippen LogP contribution is -2.20. The lowest BCUT2D eigenvalue weighted by molar-refractivity contribution is -0.143. The monoisotopic (exact) mass is 188 g/mol. The molecule has 0 rings (SSSR count). The zero-order chi connectivity index (χ0) is 10.3. The summed E-state index contributed by atoms with van der Waals surface area (Å²) in [4.78, 5) is 21.9. The van der Waals surface area contributed by atoms with E-state index in [1.807, 2.05) is 0 Å². The molecule has 0 amide bonds. The fourth-order valence-corrected chi connectivity index (χ4v) is 0.906. The second kappa shape index (κ2) is 6.60. The average molecular weight is 188 g/mol. The van der Waals surface area contributed by atoms with Crippen molar-refractivity contribution in [1.82, 2.24) is 0 Å². The van der Waals surface area contributed by atoms with Crippen molar-refractivity contribution in [3.63, 3.8) is 0 Å². The van der Waals surface area contributed by atoms with Gasteiger partial charge in [-0.25, -0.2) is 0 Å². The van der Waals surface area contributed by atoms with E-state index in [9.17, 15) is 9.59 Å². The van der Waals surface area contributed by atoms with Crippen molar-refractivity contribution in [2.45, 2.75) is 32.3 Å². The number of hydrogen-bond donors (Lipinski definition) is 0. The van der Waals surface area contributed by atoms with E-state index in [0.29, 0.717) is 6.42 Å². The molecule has 1 unspecified atom stereocenters. The van der Waals surface area contributed by atoms with E-state index in [1.54, 1.807) is 6.92 Å². The van der Waals surface area contributed by atoms with Crippen LogP contribution in [-0.2, 0) is 19.1 Å². The lowest BCUT2D eigenvalue weighted by atomic mass is 10.1. The van der Waals surface area contributed by atoms with Gasteiger partial charge >= 0.3 is 5.97 Å². The first-order valence-electron chi connectivity index (χ1n) is 4.25. The molecule has 4 nitrogen and oxygen atoms in total. The molecule has 0 fully saturated rings. The quantitative estimate of drug-likeness (QED) is 0.582. The molecular formula is C9H16O4. The number of esters is 1. The van der Waals surface area contributed by atoms with Gasteiger partial charge in [0.1, 0.15) is 5.78 Å². The third-order valence-electron chi connectivity index (χ3n) is 1.81. The molecule has 4 heteroatoms. The van der Waals surface area contributed by atoms with Crippen LogP contribution in [0.25, 0.3) is 0 Å². The Morgan fingerprint density at radius 2 is 1.85 bits per heavy atom. The number of rotatable bonds is 6. The second-order valence-electron chi connectivity index (χ2n) is 2.73. The van der Waals surface area contributed by atoms with Gasteiger partial charge in [-0.3, -0.25) is 9.59 Å². The zero-order valence-electron chi connectivity index (χ0n) is 8.33. The number of carbonyl (C=O) groups is 2. The van der Waals surface area contributed by atoms with Gasteiger partial charge in [0.15, 0.2) is 0 Å². The molecule has 1 atom stereocenters. The minimum Gasteiger partial charge on any atom is -0.469 e. The average Bonchev–Trinajstić information content (AvgIpc) is 2.16. The molecule has 0 aliphatic carbocycles. The van der Waals surface area contributed by atoms with Crippen LogP contribution in [0.3, 0.4) is 0 Å². The fourth-order valence-electron chi connectivity index (χ4n) is 0.906. The summed E-state index contributed by atoms with van der Waals surface area (Å²) in [6, 6.07) is 0. The topological polar surface area (TPSA) is 52.6 Å². The van der Waals surface area contributed by atoms with Gasteiger partial charge < -0.3 is 9.47 Å². The fraction of sp³-hybridized carbons (Fsp3) is 0.778. The van der Waals surface area contributed by atoms with Crippen LogP contribution >= 0.6 is 0 Å². The summed E-state index contributed by atoms with van der Waals surface area (Å²) in [5.41, 5.74) is 0. The van der Waals surface area contributed by atoms with Crippen LogP contribution in [0.2, 0.25) is 0 Å². The van der Waals surface area contributed by atoms with E-state index in [-0.39, 0.29) is 30.7 Å². The predicted octanol–water partition coefficient (Wildman–Crippen LogP) is 0.934. The first-order chi connectivity index (χ1) is 6.13. The molecule has 76 valence electrons. The molecule has 0 aliphatic heterocycles. The first-order valence-corrected chi connectivity index (χ1v) is 4.25. The highest BCUT2D eigenvalue weighted by Gasteiger charge is 2.16. The largest absolute Gasteiger partial charge is 0.469 e. The Morgan fingerprint density at radius 3 is 2.23 bits per heavy atom. The van der Waals surface area contributed by atoms with Crippen LogP contribution in [0.4, 0.5) is 0 Å². The summed E-state index contributed by atoms with van der Waals surface area (Å²) in [6.45, 7) is 1.78. The summed E-state index contributed by atoms with van der Waals surface area (Å²) in [5.74, 6) is -0.258. The van der Waals surface area contributed by atoms with Crippen LogP contribution in [-0.4, -0.2) is 32.1 Å². The van der Waals surface area contributed by atoms with Crippen molar-refractivity contribution < 1.29 is 19.1 Å². The van der Waals surface area contributed by atoms with Crippen molar-refractivity contribution in [3.05, 3.63) is 0 Å². The van der Waals surface area contributed by atoms with Crippen molar-refractivity contribution in [2.24, 2.45) is 0 Å². The number of Topliss-reactive ketones (excluding diaryl/α,β-unsaturated/α-hetero) is 1. The third-order valence-corrected chi connectivity index (χ3v) is 1.81. The Hall–Kier alpha value is -0.900. The SMILES string of the molecule is CCC(=O)CC(CC(=O)OC)OC. The Morgan fingerprint density at radius 1 is 1.23 bits per heavy atom. The summed E-state index contributed by atoms with van der Waals surface area (Å²) in [5, 5.41) is 0. The van der Waals surface area contributed by atoms with Gasteiger partial charge in [-0.15, -0.1) is 0 Å². The van der Waals surface area contributed by atoms with Crippen LogP contribution in [0, 0.1) is 0 Å². The molecule has 0 heterocycles. The maximum atomic E-state index is 11.0. The van der Waals surface area contributed by atoms with Crippen molar-refractivity contribution >= 4 is 11.8 Å². The van der Waals surface area contributed by atoms with E-state index < -0.39 is 0 Å². The number of ether oxygens (including phenoxy) is 2.